The van der Waals surface area contributed by atoms with E-state index in [-0.39, 0.29) is 17.2 Å². The molecule has 0 amide bonds. The van der Waals surface area contributed by atoms with Gasteiger partial charge in [-0.25, -0.2) is 4.68 Å². The monoisotopic (exact) mass is 372 g/mol. The molecular weight excluding hydrogens is 352 g/mol. The lowest BCUT2D eigenvalue weighted by atomic mass is 10.1. The van der Waals surface area contributed by atoms with Crippen molar-refractivity contribution < 1.29 is 0 Å². The van der Waals surface area contributed by atoms with E-state index in [0.29, 0.717) is 23.1 Å². The highest BCUT2D eigenvalue weighted by Crippen LogP contribution is 2.34. The summed E-state index contributed by atoms with van der Waals surface area (Å²) in [6, 6.07) is 16.3. The van der Waals surface area contributed by atoms with E-state index in [1.54, 1.807) is 17.8 Å². The molecule has 140 valence electrons. The number of pyridine rings is 1. The number of nitrogens with zero attached hydrogens (tertiary/aromatic N) is 3. The van der Waals surface area contributed by atoms with E-state index < -0.39 is 0 Å². The molecule has 0 spiro atoms. The SMILES string of the molecule is Cn1nc(NCc2ccc3ccccc3c2)c2cn(C3CC3)c(=O)cc2c1=O. The molecule has 0 bridgehead atoms. The number of rotatable bonds is 4. The number of fused-ring (bicyclic) bond motifs is 2. The molecular formula is C22H20N4O2. The van der Waals surface area contributed by atoms with E-state index in [1.807, 2.05) is 12.1 Å². The summed E-state index contributed by atoms with van der Waals surface area (Å²) in [5, 5.41) is 11.2. The molecule has 6 nitrogen and oxygen atoms in total. The van der Waals surface area contributed by atoms with Crippen LogP contribution in [0.4, 0.5) is 5.82 Å². The maximum Gasteiger partial charge on any atom is 0.274 e. The number of aromatic nitrogens is 3. The lowest BCUT2D eigenvalue weighted by molar-refractivity contribution is 0.701. The van der Waals surface area contributed by atoms with Gasteiger partial charge in [-0.15, -0.1) is 0 Å². The van der Waals surface area contributed by atoms with Gasteiger partial charge in [0.1, 0.15) is 0 Å². The van der Waals surface area contributed by atoms with Crippen molar-refractivity contribution in [2.45, 2.75) is 25.4 Å². The van der Waals surface area contributed by atoms with Gasteiger partial charge in [0.2, 0.25) is 0 Å². The molecule has 0 aliphatic heterocycles. The van der Waals surface area contributed by atoms with Crippen molar-refractivity contribution in [1.82, 2.24) is 14.3 Å². The zero-order valence-electron chi connectivity index (χ0n) is 15.6. The predicted molar refractivity (Wildman–Crippen MR) is 111 cm³/mol. The normalized spacial score (nSPS) is 13.9. The summed E-state index contributed by atoms with van der Waals surface area (Å²) in [6.45, 7) is 0.577. The third kappa shape index (κ3) is 2.87. The van der Waals surface area contributed by atoms with Crippen LogP contribution in [0.5, 0.6) is 0 Å². The Kier molecular flexibility index (Phi) is 3.79. The third-order valence-corrected chi connectivity index (χ3v) is 5.32. The van der Waals surface area contributed by atoms with Gasteiger partial charge < -0.3 is 9.88 Å². The van der Waals surface area contributed by atoms with Crippen molar-refractivity contribution >= 4 is 27.4 Å². The Morgan fingerprint density at radius 3 is 2.61 bits per heavy atom. The Labute approximate surface area is 161 Å². The molecule has 28 heavy (non-hydrogen) atoms. The van der Waals surface area contributed by atoms with Crippen molar-refractivity contribution in [1.29, 1.82) is 0 Å². The van der Waals surface area contributed by atoms with Gasteiger partial charge >= 0.3 is 0 Å². The van der Waals surface area contributed by atoms with Gasteiger partial charge in [-0.1, -0.05) is 36.4 Å². The van der Waals surface area contributed by atoms with Gasteiger partial charge in [-0.3, -0.25) is 9.59 Å². The Bertz CT molecular complexity index is 1330. The Balaban J connectivity index is 1.55. The van der Waals surface area contributed by atoms with Crippen molar-refractivity contribution in [3.8, 4) is 0 Å². The summed E-state index contributed by atoms with van der Waals surface area (Å²) in [4.78, 5) is 24.8. The van der Waals surface area contributed by atoms with Gasteiger partial charge in [-0.2, -0.15) is 5.10 Å². The van der Waals surface area contributed by atoms with E-state index in [4.69, 9.17) is 0 Å². The van der Waals surface area contributed by atoms with Crippen LogP contribution in [0.15, 0.2) is 64.3 Å². The summed E-state index contributed by atoms with van der Waals surface area (Å²) in [5.41, 5.74) is 0.739. The second-order valence-corrected chi connectivity index (χ2v) is 7.39. The Morgan fingerprint density at radius 1 is 1.04 bits per heavy atom. The zero-order chi connectivity index (χ0) is 19.3. The second kappa shape index (κ2) is 6.34. The molecule has 2 aromatic carbocycles. The molecule has 1 fully saturated rings. The molecule has 5 rings (SSSR count). The lowest BCUT2D eigenvalue weighted by Crippen LogP contribution is -2.25. The van der Waals surface area contributed by atoms with Crippen molar-refractivity contribution in [3.05, 3.63) is 81.0 Å². The molecule has 1 saturated carbocycles. The average molecular weight is 372 g/mol. The maximum atomic E-state index is 12.5. The van der Waals surface area contributed by atoms with Gasteiger partial charge in [0.25, 0.3) is 11.1 Å². The highest BCUT2D eigenvalue weighted by Gasteiger charge is 2.25. The van der Waals surface area contributed by atoms with E-state index in [2.05, 4.69) is 40.7 Å². The molecule has 0 atom stereocenters. The van der Waals surface area contributed by atoms with E-state index in [9.17, 15) is 9.59 Å². The van der Waals surface area contributed by atoms with Crippen LogP contribution < -0.4 is 16.4 Å². The maximum absolute atomic E-state index is 12.5. The summed E-state index contributed by atoms with van der Waals surface area (Å²) >= 11 is 0. The highest BCUT2D eigenvalue weighted by molar-refractivity contribution is 5.90. The minimum atomic E-state index is -0.258. The molecule has 2 heterocycles. The topological polar surface area (TPSA) is 68.9 Å². The molecule has 1 aliphatic carbocycles. The van der Waals surface area contributed by atoms with Gasteiger partial charge in [0, 0.05) is 37.3 Å². The smallest absolute Gasteiger partial charge is 0.274 e. The third-order valence-electron chi connectivity index (χ3n) is 5.32. The van der Waals surface area contributed by atoms with Crippen LogP contribution in [0.2, 0.25) is 0 Å². The van der Waals surface area contributed by atoms with Crippen LogP contribution in [-0.4, -0.2) is 14.3 Å². The second-order valence-electron chi connectivity index (χ2n) is 7.39. The van der Waals surface area contributed by atoms with Gasteiger partial charge in [-0.05, 0) is 35.2 Å². The summed E-state index contributed by atoms with van der Waals surface area (Å²) in [5.74, 6) is 0.611. The molecule has 0 radical (unpaired) electrons. The Morgan fingerprint density at radius 2 is 1.82 bits per heavy atom. The fraction of sp³-hybridized carbons (Fsp3) is 0.227. The number of nitrogens with one attached hydrogen (secondary N) is 1. The number of aryl methyl sites for hydroxylation is 1. The van der Waals surface area contributed by atoms with Crippen LogP contribution in [-0.2, 0) is 13.6 Å². The number of hydrogen-bond acceptors (Lipinski definition) is 4. The van der Waals surface area contributed by atoms with Crippen molar-refractivity contribution in [2.75, 3.05) is 5.32 Å². The van der Waals surface area contributed by atoms with E-state index >= 15 is 0 Å². The largest absolute Gasteiger partial charge is 0.364 e. The Hall–Kier alpha value is -3.41. The number of benzene rings is 2. The van der Waals surface area contributed by atoms with Crippen LogP contribution in [0, 0.1) is 0 Å². The van der Waals surface area contributed by atoms with E-state index in [1.165, 1.54) is 21.5 Å². The van der Waals surface area contributed by atoms with Crippen molar-refractivity contribution in [2.24, 2.45) is 7.05 Å². The molecule has 6 heteroatoms. The highest BCUT2D eigenvalue weighted by atomic mass is 16.1. The summed E-state index contributed by atoms with van der Waals surface area (Å²) < 4.78 is 3.01. The fourth-order valence-corrected chi connectivity index (χ4v) is 3.64. The average Bonchev–Trinajstić information content (AvgIpc) is 3.54. The standard InChI is InChI=1S/C22H20N4O2/c1-25-22(28)18-11-20(27)26(17-8-9-17)13-19(18)21(24-25)23-12-14-6-7-15-4-2-3-5-16(15)10-14/h2-7,10-11,13,17H,8-9,12H2,1H3,(H,23,24). The molecule has 1 aliphatic rings. The molecule has 2 aromatic heterocycles. The number of anilines is 1. The molecule has 0 unspecified atom stereocenters. The molecule has 1 N–H and O–H groups in total. The van der Waals surface area contributed by atoms with Crippen LogP contribution in [0.1, 0.15) is 24.4 Å². The fourth-order valence-electron chi connectivity index (χ4n) is 3.64. The minimum Gasteiger partial charge on any atom is -0.364 e. The summed E-state index contributed by atoms with van der Waals surface area (Å²) in [7, 11) is 1.61. The van der Waals surface area contributed by atoms with Crippen LogP contribution >= 0.6 is 0 Å². The first-order valence-corrected chi connectivity index (χ1v) is 9.45. The van der Waals surface area contributed by atoms with E-state index in [0.717, 1.165) is 18.4 Å². The predicted octanol–water partition coefficient (Wildman–Crippen LogP) is 3.20. The first kappa shape index (κ1) is 16.7. The molecule has 4 aromatic rings. The van der Waals surface area contributed by atoms with Crippen LogP contribution in [0.3, 0.4) is 0 Å². The zero-order valence-corrected chi connectivity index (χ0v) is 15.6. The van der Waals surface area contributed by atoms with Gasteiger partial charge in [0.05, 0.1) is 5.39 Å². The quantitative estimate of drug-likeness (QED) is 0.597. The van der Waals surface area contributed by atoms with Crippen molar-refractivity contribution in [3.63, 3.8) is 0 Å². The molecule has 0 saturated heterocycles. The first-order valence-electron chi connectivity index (χ1n) is 9.45. The number of hydrogen-bond donors (Lipinski definition) is 1. The van der Waals surface area contributed by atoms with Crippen LogP contribution in [0.25, 0.3) is 21.5 Å². The lowest BCUT2D eigenvalue weighted by Gasteiger charge is -2.13. The first-order chi connectivity index (χ1) is 13.6. The van der Waals surface area contributed by atoms with Gasteiger partial charge in [0.15, 0.2) is 5.82 Å². The minimum absolute atomic E-state index is 0.126. The summed E-state index contributed by atoms with van der Waals surface area (Å²) in [6.07, 6.45) is 3.79.